The topological polar surface area (TPSA) is 76.9 Å². The van der Waals surface area contributed by atoms with Gasteiger partial charge in [-0.1, -0.05) is 18.2 Å². The maximum absolute atomic E-state index is 9.35. The molecule has 0 amide bonds. The van der Waals surface area contributed by atoms with E-state index in [1.54, 1.807) is 4.68 Å². The number of ether oxygens (including phenoxy) is 1. The summed E-state index contributed by atoms with van der Waals surface area (Å²) < 4.78 is 7.28. The van der Waals surface area contributed by atoms with Gasteiger partial charge in [-0.2, -0.15) is 10.4 Å². The molecule has 102 valence electrons. The van der Waals surface area contributed by atoms with Crippen LogP contribution in [0.15, 0.2) is 24.3 Å². The van der Waals surface area contributed by atoms with E-state index in [1.807, 2.05) is 31.2 Å². The lowest BCUT2D eigenvalue weighted by Crippen LogP contribution is -2.04. The fourth-order valence-electron chi connectivity index (χ4n) is 2.57. The van der Waals surface area contributed by atoms with Crippen molar-refractivity contribution >= 4 is 5.82 Å². The molecule has 5 heteroatoms. The summed E-state index contributed by atoms with van der Waals surface area (Å²) in [7, 11) is 0. The van der Waals surface area contributed by atoms with Crippen molar-refractivity contribution in [2.24, 2.45) is 0 Å². The van der Waals surface area contributed by atoms with Gasteiger partial charge in [0.15, 0.2) is 0 Å². The van der Waals surface area contributed by atoms with E-state index in [0.717, 1.165) is 24.1 Å². The Balaban J connectivity index is 2.14. The van der Waals surface area contributed by atoms with Crippen LogP contribution in [0.2, 0.25) is 0 Å². The van der Waals surface area contributed by atoms with Crippen LogP contribution in [0.4, 0.5) is 5.82 Å². The molecule has 5 nitrogen and oxygen atoms in total. The molecule has 1 saturated heterocycles. The second-order valence-electron chi connectivity index (χ2n) is 4.96. The summed E-state index contributed by atoms with van der Waals surface area (Å²) in [4.78, 5) is 0. The molecule has 0 bridgehead atoms. The minimum atomic E-state index is -0.114. The number of hydrogen-bond donors (Lipinski definition) is 1. The van der Waals surface area contributed by atoms with E-state index >= 15 is 0 Å². The van der Waals surface area contributed by atoms with Crippen LogP contribution in [0.5, 0.6) is 0 Å². The van der Waals surface area contributed by atoms with E-state index in [1.165, 1.54) is 0 Å². The number of para-hydroxylation sites is 1. The molecule has 2 heterocycles. The predicted molar refractivity (Wildman–Crippen MR) is 75.4 cm³/mol. The standard InChI is InChI=1S/C15H16N4O/c1-10-5-2-3-6-12(10)19-15(17)11(9-16)14(18-19)13-7-4-8-20-13/h2-3,5-6,13H,4,7-8,17H2,1H3/t13-/m0/s1. The first-order valence-electron chi connectivity index (χ1n) is 6.68. The van der Waals surface area contributed by atoms with Crippen molar-refractivity contribution in [1.82, 2.24) is 9.78 Å². The van der Waals surface area contributed by atoms with E-state index in [0.29, 0.717) is 23.7 Å². The molecule has 1 aromatic carbocycles. The Labute approximate surface area is 117 Å². The van der Waals surface area contributed by atoms with Gasteiger partial charge < -0.3 is 10.5 Å². The van der Waals surface area contributed by atoms with Crippen LogP contribution >= 0.6 is 0 Å². The lowest BCUT2D eigenvalue weighted by molar-refractivity contribution is 0.108. The largest absolute Gasteiger partial charge is 0.382 e. The fourth-order valence-corrected chi connectivity index (χ4v) is 2.57. The van der Waals surface area contributed by atoms with Crippen molar-refractivity contribution in [2.75, 3.05) is 12.3 Å². The minimum absolute atomic E-state index is 0.114. The molecule has 0 aliphatic carbocycles. The zero-order valence-corrected chi connectivity index (χ0v) is 11.3. The number of aryl methyl sites for hydroxylation is 1. The third kappa shape index (κ3) is 1.95. The molecule has 1 aliphatic heterocycles. The minimum Gasteiger partial charge on any atom is -0.382 e. The average molecular weight is 268 g/mol. The first kappa shape index (κ1) is 12.7. The second kappa shape index (κ2) is 4.99. The molecule has 1 fully saturated rings. The summed E-state index contributed by atoms with van der Waals surface area (Å²) in [5, 5.41) is 13.9. The molecule has 1 aliphatic rings. The van der Waals surface area contributed by atoms with Crippen LogP contribution in [-0.2, 0) is 4.74 Å². The molecule has 20 heavy (non-hydrogen) atoms. The molecule has 1 aromatic heterocycles. The van der Waals surface area contributed by atoms with Crippen molar-refractivity contribution in [2.45, 2.75) is 25.9 Å². The number of rotatable bonds is 2. The summed E-state index contributed by atoms with van der Waals surface area (Å²) >= 11 is 0. The van der Waals surface area contributed by atoms with Gasteiger partial charge in [0.25, 0.3) is 0 Å². The van der Waals surface area contributed by atoms with E-state index < -0.39 is 0 Å². The lowest BCUT2D eigenvalue weighted by Gasteiger charge is -2.07. The van der Waals surface area contributed by atoms with E-state index in [2.05, 4.69) is 11.2 Å². The Morgan fingerprint density at radius 1 is 1.45 bits per heavy atom. The van der Waals surface area contributed by atoms with Crippen molar-refractivity contribution in [3.05, 3.63) is 41.1 Å². The lowest BCUT2D eigenvalue weighted by atomic mass is 10.1. The molecule has 1 atom stereocenters. The van der Waals surface area contributed by atoms with Gasteiger partial charge in [-0.25, -0.2) is 4.68 Å². The smallest absolute Gasteiger partial charge is 0.145 e. The Hall–Kier alpha value is -2.32. The van der Waals surface area contributed by atoms with Gasteiger partial charge in [-0.15, -0.1) is 0 Å². The van der Waals surface area contributed by atoms with Gasteiger partial charge in [-0.3, -0.25) is 0 Å². The van der Waals surface area contributed by atoms with Crippen LogP contribution in [0, 0.1) is 18.3 Å². The predicted octanol–water partition coefficient (Wildman–Crippen LogP) is 2.49. The SMILES string of the molecule is Cc1ccccc1-n1nc([C@@H]2CCCO2)c(C#N)c1N. The summed E-state index contributed by atoms with van der Waals surface area (Å²) in [6, 6.07) is 9.99. The van der Waals surface area contributed by atoms with Crippen LogP contribution in [-0.4, -0.2) is 16.4 Å². The molecule has 0 saturated carbocycles. The quantitative estimate of drug-likeness (QED) is 0.907. The fraction of sp³-hybridized carbons (Fsp3) is 0.333. The zero-order chi connectivity index (χ0) is 14.1. The Morgan fingerprint density at radius 3 is 2.90 bits per heavy atom. The Bertz CT molecular complexity index is 678. The highest BCUT2D eigenvalue weighted by molar-refractivity contribution is 5.58. The number of nitrogens with zero attached hydrogens (tertiary/aromatic N) is 3. The van der Waals surface area contributed by atoms with Gasteiger partial charge >= 0.3 is 0 Å². The maximum Gasteiger partial charge on any atom is 0.145 e. The van der Waals surface area contributed by atoms with E-state index in [4.69, 9.17) is 10.5 Å². The Morgan fingerprint density at radius 2 is 2.25 bits per heavy atom. The zero-order valence-electron chi connectivity index (χ0n) is 11.3. The summed E-state index contributed by atoms with van der Waals surface area (Å²) in [5.41, 5.74) is 9.15. The van der Waals surface area contributed by atoms with Crippen LogP contribution in [0.1, 0.15) is 35.8 Å². The Kier molecular flexibility index (Phi) is 3.17. The van der Waals surface area contributed by atoms with Crippen molar-refractivity contribution < 1.29 is 4.74 Å². The third-order valence-corrected chi connectivity index (χ3v) is 3.64. The number of anilines is 1. The summed E-state index contributed by atoms with van der Waals surface area (Å²) in [6.07, 6.45) is 1.77. The molecular weight excluding hydrogens is 252 g/mol. The number of nitrogens with two attached hydrogens (primary N) is 1. The first-order chi connectivity index (χ1) is 9.72. The molecule has 2 aromatic rings. The molecule has 3 rings (SSSR count). The molecular formula is C15H16N4O. The van der Waals surface area contributed by atoms with Crippen LogP contribution in [0.3, 0.4) is 0 Å². The number of benzene rings is 1. The highest BCUT2D eigenvalue weighted by atomic mass is 16.5. The monoisotopic (exact) mass is 268 g/mol. The summed E-state index contributed by atoms with van der Waals surface area (Å²) in [5.74, 6) is 0.382. The van der Waals surface area contributed by atoms with Crippen LogP contribution in [0.25, 0.3) is 5.69 Å². The van der Waals surface area contributed by atoms with Gasteiger partial charge in [0.2, 0.25) is 0 Å². The maximum atomic E-state index is 9.35. The first-order valence-corrected chi connectivity index (χ1v) is 6.68. The normalized spacial score (nSPS) is 18.1. The molecule has 0 radical (unpaired) electrons. The van der Waals surface area contributed by atoms with Crippen LogP contribution < -0.4 is 5.73 Å². The number of hydrogen-bond acceptors (Lipinski definition) is 4. The molecule has 0 unspecified atom stereocenters. The van der Waals surface area contributed by atoms with E-state index in [-0.39, 0.29) is 6.10 Å². The van der Waals surface area contributed by atoms with Gasteiger partial charge in [-0.05, 0) is 31.4 Å². The summed E-state index contributed by atoms with van der Waals surface area (Å²) in [6.45, 7) is 2.71. The number of nitrogen functional groups attached to an aromatic ring is 1. The molecule has 2 N–H and O–H groups in total. The highest BCUT2D eigenvalue weighted by Crippen LogP contribution is 2.33. The third-order valence-electron chi connectivity index (χ3n) is 3.64. The number of aromatic nitrogens is 2. The highest BCUT2D eigenvalue weighted by Gasteiger charge is 2.27. The van der Waals surface area contributed by atoms with Crippen molar-refractivity contribution in [3.63, 3.8) is 0 Å². The van der Waals surface area contributed by atoms with E-state index in [9.17, 15) is 5.26 Å². The van der Waals surface area contributed by atoms with Crippen molar-refractivity contribution in [3.8, 4) is 11.8 Å². The van der Waals surface area contributed by atoms with Gasteiger partial charge in [0, 0.05) is 6.61 Å². The van der Waals surface area contributed by atoms with Gasteiger partial charge in [0.1, 0.15) is 29.2 Å². The van der Waals surface area contributed by atoms with Gasteiger partial charge in [0.05, 0.1) is 5.69 Å². The average Bonchev–Trinajstić information content (AvgIpc) is 3.07. The number of nitriles is 1. The second-order valence-corrected chi connectivity index (χ2v) is 4.96. The van der Waals surface area contributed by atoms with Crippen molar-refractivity contribution in [1.29, 1.82) is 5.26 Å². The molecule has 0 spiro atoms.